The third kappa shape index (κ3) is 4.12. The van der Waals surface area contributed by atoms with Gasteiger partial charge in [0.05, 0.1) is 18.3 Å². The number of para-hydroxylation sites is 1. The molecule has 174 valence electrons. The predicted octanol–water partition coefficient (Wildman–Crippen LogP) is 6.05. The third-order valence-corrected chi connectivity index (χ3v) is 5.47. The normalized spacial score (nSPS) is 11.0. The number of phenolic OH excluding ortho intramolecular Hbond substituents is 1. The zero-order valence-electron chi connectivity index (χ0n) is 19.0. The van der Waals surface area contributed by atoms with Crippen molar-refractivity contribution in [1.82, 2.24) is 19.7 Å². The molecule has 0 unspecified atom stereocenters. The van der Waals surface area contributed by atoms with Gasteiger partial charge in [0.25, 0.3) is 17.5 Å². The number of hydrogen-bond acceptors (Lipinski definition) is 7. The van der Waals surface area contributed by atoms with E-state index in [1.165, 1.54) is 23.3 Å². The Balaban J connectivity index is 1.61. The van der Waals surface area contributed by atoms with Crippen molar-refractivity contribution in [1.29, 1.82) is 0 Å². The zero-order valence-corrected chi connectivity index (χ0v) is 19.0. The molecule has 0 fully saturated rings. The van der Waals surface area contributed by atoms with Crippen LogP contribution >= 0.6 is 0 Å². The maximum atomic E-state index is 13.1. The summed E-state index contributed by atoms with van der Waals surface area (Å²) in [6, 6.07) is 17.8. The van der Waals surface area contributed by atoms with Gasteiger partial charge < -0.3 is 10.4 Å². The van der Waals surface area contributed by atoms with E-state index in [1.807, 2.05) is 37.3 Å². The molecular weight excluding hydrogens is 456 g/mol. The molecule has 0 radical (unpaired) electrons. The number of carbonyl (C=O) groups is 1. The number of nitrogens with zero attached hydrogens (tertiary/aromatic N) is 7. The number of benzene rings is 3. The Morgan fingerprint density at radius 2 is 1.81 bits per heavy atom. The first-order chi connectivity index (χ1) is 17.6. The highest BCUT2D eigenvalue weighted by Crippen LogP contribution is 2.40. The lowest BCUT2D eigenvalue weighted by Crippen LogP contribution is -2.13. The Labute approximate surface area is 205 Å². The highest BCUT2D eigenvalue weighted by molar-refractivity contribution is 6.12. The van der Waals surface area contributed by atoms with Crippen LogP contribution in [0.2, 0.25) is 0 Å². The van der Waals surface area contributed by atoms with Crippen LogP contribution in [-0.2, 0) is 0 Å². The molecule has 2 aromatic heterocycles. The smallest absolute Gasteiger partial charge is 0.259 e. The number of aromatic hydroxyl groups is 1. The molecule has 10 nitrogen and oxygen atoms in total. The molecule has 0 spiro atoms. The van der Waals surface area contributed by atoms with Crippen LogP contribution in [0.25, 0.3) is 21.6 Å². The number of hydrogen-bond donors (Lipinski definition) is 2. The van der Waals surface area contributed by atoms with Crippen LogP contribution in [0.1, 0.15) is 15.9 Å². The van der Waals surface area contributed by atoms with Crippen LogP contribution < -0.4 is 5.32 Å². The lowest BCUT2D eigenvalue weighted by Gasteiger charge is -2.12. The number of fused-ring (bicyclic) bond motifs is 1. The van der Waals surface area contributed by atoms with Crippen molar-refractivity contribution in [3.63, 3.8) is 0 Å². The third-order valence-electron chi connectivity index (χ3n) is 5.47. The van der Waals surface area contributed by atoms with Gasteiger partial charge in [-0.1, -0.05) is 42.5 Å². The first-order valence-electron chi connectivity index (χ1n) is 10.8. The summed E-state index contributed by atoms with van der Waals surface area (Å²) in [6.45, 7) is 9.34. The molecule has 5 aromatic rings. The molecule has 2 heterocycles. The molecule has 0 aliphatic rings. The van der Waals surface area contributed by atoms with Crippen LogP contribution in [0, 0.1) is 13.5 Å². The number of phenols is 1. The van der Waals surface area contributed by atoms with Crippen LogP contribution in [-0.4, -0.2) is 30.8 Å². The second-order valence-corrected chi connectivity index (χ2v) is 7.74. The molecule has 0 aliphatic carbocycles. The summed E-state index contributed by atoms with van der Waals surface area (Å²) in [5, 5.41) is 27.9. The predicted molar refractivity (Wildman–Crippen MR) is 134 cm³/mol. The lowest BCUT2D eigenvalue weighted by molar-refractivity contribution is 0.102. The number of rotatable bonds is 5. The summed E-state index contributed by atoms with van der Waals surface area (Å²) in [6.07, 6.45) is 4.42. The molecular formula is C26H18N8O2. The summed E-state index contributed by atoms with van der Waals surface area (Å²) < 4.78 is 1.28. The maximum Gasteiger partial charge on any atom is 0.259 e. The van der Waals surface area contributed by atoms with Gasteiger partial charge in [-0.3, -0.25) is 4.79 Å². The van der Waals surface area contributed by atoms with Gasteiger partial charge in [0.1, 0.15) is 5.69 Å². The van der Waals surface area contributed by atoms with Crippen molar-refractivity contribution in [2.24, 2.45) is 10.2 Å². The molecule has 3 aromatic carbocycles. The Morgan fingerprint density at radius 1 is 1.06 bits per heavy atom. The van der Waals surface area contributed by atoms with E-state index in [2.05, 4.69) is 35.5 Å². The highest BCUT2D eigenvalue weighted by atomic mass is 16.3. The first kappa shape index (κ1) is 22.4. The molecule has 1 amide bonds. The number of aryl methyl sites for hydroxylation is 1. The maximum absolute atomic E-state index is 13.1. The zero-order chi connectivity index (χ0) is 25.1. The topological polar surface area (TPSA) is 122 Å². The monoisotopic (exact) mass is 474 g/mol. The average Bonchev–Trinajstić information content (AvgIpc) is 3.32. The van der Waals surface area contributed by atoms with Crippen LogP contribution in [0.3, 0.4) is 0 Å². The molecule has 2 N–H and O–H groups in total. The highest BCUT2D eigenvalue weighted by Gasteiger charge is 2.20. The van der Waals surface area contributed by atoms with Crippen molar-refractivity contribution < 1.29 is 9.90 Å². The van der Waals surface area contributed by atoms with Crippen molar-refractivity contribution in [2.75, 3.05) is 5.32 Å². The van der Waals surface area contributed by atoms with Gasteiger partial charge in [-0.2, -0.15) is 9.78 Å². The minimum Gasteiger partial charge on any atom is -0.505 e. The number of aromatic nitrogens is 4. The van der Waals surface area contributed by atoms with E-state index in [0.29, 0.717) is 16.5 Å². The number of anilines is 1. The van der Waals surface area contributed by atoms with E-state index in [1.54, 1.807) is 30.3 Å². The molecule has 0 atom stereocenters. The van der Waals surface area contributed by atoms with Gasteiger partial charge in [0.15, 0.2) is 11.6 Å². The molecule has 10 heteroatoms. The van der Waals surface area contributed by atoms with Gasteiger partial charge in [-0.05, 0) is 36.1 Å². The fourth-order valence-electron chi connectivity index (χ4n) is 3.64. The Hall–Kier alpha value is -5.43. The Morgan fingerprint density at radius 3 is 2.58 bits per heavy atom. The van der Waals surface area contributed by atoms with Gasteiger partial charge >= 0.3 is 0 Å². The summed E-state index contributed by atoms with van der Waals surface area (Å²) in [7, 11) is 0. The van der Waals surface area contributed by atoms with Gasteiger partial charge in [-0.25, -0.2) is 14.8 Å². The SMILES string of the molecule is [C-]#[N+]c1cnn(-c2ncccn2)c1/N=N/c1c(O)c(C(=O)Nc2ccccc2C)cc2ccccc12. The minimum atomic E-state index is -0.492. The van der Waals surface area contributed by atoms with E-state index in [9.17, 15) is 9.90 Å². The minimum absolute atomic E-state index is 0.0382. The van der Waals surface area contributed by atoms with Gasteiger partial charge in [0, 0.05) is 23.5 Å². The van der Waals surface area contributed by atoms with E-state index in [4.69, 9.17) is 6.57 Å². The summed E-state index contributed by atoms with van der Waals surface area (Å²) in [5.41, 5.74) is 1.76. The number of azo groups is 1. The van der Waals surface area contributed by atoms with Crippen LogP contribution in [0.5, 0.6) is 5.75 Å². The van der Waals surface area contributed by atoms with Crippen molar-refractivity contribution in [3.8, 4) is 11.7 Å². The van der Waals surface area contributed by atoms with Crippen LogP contribution in [0.15, 0.2) is 89.5 Å². The quantitative estimate of drug-likeness (QED) is 0.237. The largest absolute Gasteiger partial charge is 0.505 e. The van der Waals surface area contributed by atoms with Crippen molar-refractivity contribution >= 4 is 39.6 Å². The molecule has 36 heavy (non-hydrogen) atoms. The first-order valence-corrected chi connectivity index (χ1v) is 10.8. The number of nitrogens with one attached hydrogen (secondary N) is 1. The van der Waals surface area contributed by atoms with Crippen molar-refractivity contribution in [3.05, 3.63) is 102 Å². The summed E-state index contributed by atoms with van der Waals surface area (Å²) >= 11 is 0. The fourth-order valence-corrected chi connectivity index (χ4v) is 3.64. The summed E-state index contributed by atoms with van der Waals surface area (Å²) in [5.74, 6) is -0.528. The molecule has 0 aliphatic heterocycles. The Bertz CT molecular complexity index is 1670. The van der Waals surface area contributed by atoms with Crippen molar-refractivity contribution in [2.45, 2.75) is 6.92 Å². The second kappa shape index (κ2) is 9.44. The summed E-state index contributed by atoms with van der Waals surface area (Å²) in [4.78, 5) is 24.9. The lowest BCUT2D eigenvalue weighted by atomic mass is 10.0. The van der Waals surface area contributed by atoms with Crippen LogP contribution in [0.4, 0.5) is 22.9 Å². The standard InChI is InChI=1S/C26H18N8O2/c1-16-8-3-6-11-20(16)31-25(36)19-14-17-9-4-5-10-18(17)22(23(19)35)32-33-24-21(27-2)15-30-34(24)26-28-12-7-13-29-26/h3-15,35H,1H3,(H,31,36)/b33-32+. The van der Waals surface area contributed by atoms with Gasteiger partial charge in [0.2, 0.25) is 0 Å². The number of carbonyl (C=O) groups excluding carboxylic acids is 1. The van der Waals surface area contributed by atoms with E-state index < -0.39 is 5.91 Å². The van der Waals surface area contributed by atoms with E-state index in [0.717, 1.165) is 5.56 Å². The fraction of sp³-hybridized carbons (Fsp3) is 0.0385. The second-order valence-electron chi connectivity index (χ2n) is 7.74. The average molecular weight is 474 g/mol. The molecule has 5 rings (SSSR count). The molecule has 0 saturated heterocycles. The molecule has 0 saturated carbocycles. The molecule has 0 bridgehead atoms. The van der Waals surface area contributed by atoms with E-state index >= 15 is 0 Å². The number of amides is 1. The Kier molecular flexibility index (Phi) is 5.86. The van der Waals surface area contributed by atoms with Gasteiger partial charge in [-0.15, -0.1) is 10.2 Å². The van der Waals surface area contributed by atoms with E-state index in [-0.39, 0.29) is 34.5 Å².